The highest BCUT2D eigenvalue weighted by Gasteiger charge is 2.40. The topological polar surface area (TPSA) is 42.7 Å². The fourth-order valence-corrected chi connectivity index (χ4v) is 4.37. The van der Waals surface area contributed by atoms with Crippen LogP contribution in [0.4, 0.5) is 13.2 Å². The van der Waals surface area contributed by atoms with Crippen LogP contribution in [0.15, 0.2) is 82.0 Å². The zero-order chi connectivity index (χ0) is 23.7. The van der Waals surface area contributed by atoms with Crippen LogP contribution in [-0.2, 0) is 19.1 Å². The molecular formula is C27H22F3NO3. The van der Waals surface area contributed by atoms with E-state index in [0.717, 1.165) is 12.8 Å². The molecule has 0 bridgehead atoms. The van der Waals surface area contributed by atoms with Gasteiger partial charge in [-0.2, -0.15) is 13.2 Å². The van der Waals surface area contributed by atoms with Gasteiger partial charge in [-0.15, -0.1) is 0 Å². The van der Waals surface area contributed by atoms with Gasteiger partial charge in [-0.1, -0.05) is 60.7 Å². The van der Waals surface area contributed by atoms with Gasteiger partial charge in [-0.25, -0.2) is 0 Å². The Bertz CT molecular complexity index is 1370. The van der Waals surface area contributed by atoms with Crippen LogP contribution in [0, 0.1) is 0 Å². The van der Waals surface area contributed by atoms with Crippen molar-refractivity contribution in [3.8, 4) is 16.9 Å². The van der Waals surface area contributed by atoms with Crippen molar-refractivity contribution in [1.29, 1.82) is 0 Å². The normalized spacial score (nSPS) is 14.1. The Morgan fingerprint density at radius 2 is 1.62 bits per heavy atom. The lowest BCUT2D eigenvalue weighted by atomic mass is 10.00. The second kappa shape index (κ2) is 8.99. The summed E-state index contributed by atoms with van der Waals surface area (Å²) in [5, 5.41) is 0.111. The summed E-state index contributed by atoms with van der Waals surface area (Å²) in [6.45, 7) is 1.36. The summed E-state index contributed by atoms with van der Waals surface area (Å²) in [5.74, 6) is -0.846. The Hall–Kier alpha value is -3.58. The van der Waals surface area contributed by atoms with Crippen LogP contribution in [0.5, 0.6) is 5.75 Å². The van der Waals surface area contributed by atoms with Gasteiger partial charge in [0.1, 0.15) is 18.1 Å². The van der Waals surface area contributed by atoms with Gasteiger partial charge in [-0.05, 0) is 36.1 Å². The minimum Gasteiger partial charge on any atom is -0.478 e. The Kier molecular flexibility index (Phi) is 5.87. The molecule has 0 saturated carbocycles. The van der Waals surface area contributed by atoms with Crippen molar-refractivity contribution in [2.75, 3.05) is 13.3 Å². The maximum Gasteiger partial charge on any atom is 0.450 e. The monoisotopic (exact) mass is 465 g/mol. The number of nitrogens with zero attached hydrogens (tertiary/aromatic N) is 1. The molecule has 0 N–H and O–H groups in total. The number of aryl methyl sites for hydroxylation is 1. The van der Waals surface area contributed by atoms with E-state index in [2.05, 4.69) is 12.1 Å². The smallest absolute Gasteiger partial charge is 0.450 e. The molecule has 0 fully saturated rings. The quantitative estimate of drug-likeness (QED) is 0.349. The minimum atomic E-state index is -4.83. The second-order valence-corrected chi connectivity index (χ2v) is 8.33. The number of alkyl halides is 3. The molecule has 0 aliphatic carbocycles. The van der Waals surface area contributed by atoms with Crippen molar-refractivity contribution in [2.24, 2.45) is 0 Å². The van der Waals surface area contributed by atoms with E-state index >= 15 is 0 Å². The average molecular weight is 465 g/mol. The van der Waals surface area contributed by atoms with Crippen molar-refractivity contribution < 1.29 is 22.3 Å². The first-order valence-electron chi connectivity index (χ1n) is 11.1. The first-order chi connectivity index (χ1) is 16.4. The minimum absolute atomic E-state index is 0.0673. The highest BCUT2D eigenvalue weighted by Crippen LogP contribution is 2.40. The lowest BCUT2D eigenvalue weighted by Crippen LogP contribution is -2.33. The molecule has 1 aromatic heterocycles. The summed E-state index contributed by atoms with van der Waals surface area (Å²) in [4.78, 5) is 15.3. The fraction of sp³-hybridized carbons (Fsp3) is 0.222. The SMILES string of the molecule is O=c1c(-c2ccccc2)c(C(F)(F)F)oc2c3c(ccc12)OCN(CCCc1ccccc1)C3. The maximum atomic E-state index is 14.0. The number of halogens is 3. The molecule has 0 spiro atoms. The van der Waals surface area contributed by atoms with Crippen molar-refractivity contribution in [2.45, 2.75) is 25.6 Å². The van der Waals surface area contributed by atoms with Crippen molar-refractivity contribution in [3.63, 3.8) is 0 Å². The van der Waals surface area contributed by atoms with E-state index in [9.17, 15) is 18.0 Å². The highest BCUT2D eigenvalue weighted by molar-refractivity contribution is 5.87. The van der Waals surface area contributed by atoms with Crippen LogP contribution in [0.2, 0.25) is 0 Å². The highest BCUT2D eigenvalue weighted by atomic mass is 19.4. The van der Waals surface area contributed by atoms with Gasteiger partial charge in [0.2, 0.25) is 11.2 Å². The summed E-state index contributed by atoms with van der Waals surface area (Å²) in [7, 11) is 0. The Morgan fingerprint density at radius 1 is 0.912 bits per heavy atom. The van der Waals surface area contributed by atoms with E-state index < -0.39 is 22.9 Å². The van der Waals surface area contributed by atoms with Gasteiger partial charge < -0.3 is 9.15 Å². The zero-order valence-electron chi connectivity index (χ0n) is 18.3. The molecule has 5 rings (SSSR count). The molecule has 0 saturated heterocycles. The van der Waals surface area contributed by atoms with Gasteiger partial charge in [0.15, 0.2) is 0 Å². The van der Waals surface area contributed by atoms with E-state index in [0.29, 0.717) is 31.1 Å². The predicted octanol–water partition coefficient (Wildman–Crippen LogP) is 6.26. The Balaban J connectivity index is 1.51. The number of fused-ring (bicyclic) bond motifs is 3. The number of hydrogen-bond donors (Lipinski definition) is 0. The molecule has 2 heterocycles. The van der Waals surface area contributed by atoms with E-state index in [-0.39, 0.29) is 16.5 Å². The van der Waals surface area contributed by atoms with Crippen LogP contribution >= 0.6 is 0 Å². The molecular weight excluding hydrogens is 443 g/mol. The zero-order valence-corrected chi connectivity index (χ0v) is 18.3. The molecule has 4 nitrogen and oxygen atoms in total. The van der Waals surface area contributed by atoms with Crippen molar-refractivity contribution in [1.82, 2.24) is 4.90 Å². The second-order valence-electron chi connectivity index (χ2n) is 8.33. The van der Waals surface area contributed by atoms with E-state index in [1.54, 1.807) is 24.3 Å². The molecule has 1 aliphatic heterocycles. The number of hydrogen-bond acceptors (Lipinski definition) is 4. The van der Waals surface area contributed by atoms with Crippen LogP contribution < -0.4 is 10.2 Å². The molecule has 174 valence electrons. The standard InChI is InChI=1S/C27H22F3NO3/c28-27(29,30)26-23(19-11-5-2-6-12-19)24(32)20-13-14-22-21(25(20)34-26)16-31(17-33-22)15-7-10-18-8-3-1-4-9-18/h1-6,8-9,11-14H,7,10,15-17H2. The van der Waals surface area contributed by atoms with Gasteiger partial charge in [0.05, 0.1) is 16.5 Å². The van der Waals surface area contributed by atoms with Crippen LogP contribution in [0.25, 0.3) is 22.1 Å². The molecule has 0 atom stereocenters. The molecule has 0 radical (unpaired) electrons. The van der Waals surface area contributed by atoms with Crippen LogP contribution in [0.1, 0.15) is 23.3 Å². The molecule has 1 aliphatic rings. The summed E-state index contributed by atoms with van der Waals surface area (Å²) >= 11 is 0. The molecule has 0 amide bonds. The van der Waals surface area contributed by atoms with Gasteiger partial charge in [-0.3, -0.25) is 9.69 Å². The van der Waals surface area contributed by atoms with Crippen molar-refractivity contribution >= 4 is 11.0 Å². The first kappa shape index (κ1) is 22.2. The lowest BCUT2D eigenvalue weighted by Gasteiger charge is -2.29. The maximum absolute atomic E-state index is 14.0. The van der Waals surface area contributed by atoms with Crippen LogP contribution in [0.3, 0.4) is 0 Å². The Labute approximate surface area is 194 Å². The predicted molar refractivity (Wildman–Crippen MR) is 124 cm³/mol. The first-order valence-corrected chi connectivity index (χ1v) is 11.1. The fourth-order valence-electron chi connectivity index (χ4n) is 4.37. The summed E-state index contributed by atoms with van der Waals surface area (Å²) in [6.07, 6.45) is -3.08. The summed E-state index contributed by atoms with van der Waals surface area (Å²) < 4.78 is 53.3. The molecule has 3 aromatic carbocycles. The lowest BCUT2D eigenvalue weighted by molar-refractivity contribution is -0.152. The molecule has 7 heteroatoms. The van der Waals surface area contributed by atoms with Crippen molar-refractivity contribution in [3.05, 3.63) is 99.9 Å². The largest absolute Gasteiger partial charge is 0.478 e. The molecule has 34 heavy (non-hydrogen) atoms. The summed E-state index contributed by atoms with van der Waals surface area (Å²) in [6, 6.07) is 21.0. The third-order valence-corrected chi connectivity index (χ3v) is 6.01. The third-order valence-electron chi connectivity index (χ3n) is 6.01. The van der Waals surface area contributed by atoms with Gasteiger partial charge in [0.25, 0.3) is 0 Å². The van der Waals surface area contributed by atoms with Crippen LogP contribution in [-0.4, -0.2) is 18.2 Å². The van der Waals surface area contributed by atoms with Gasteiger partial charge in [0, 0.05) is 13.1 Å². The third kappa shape index (κ3) is 4.31. The average Bonchev–Trinajstić information content (AvgIpc) is 2.84. The molecule has 0 unspecified atom stereocenters. The van der Waals surface area contributed by atoms with Gasteiger partial charge >= 0.3 is 6.18 Å². The van der Waals surface area contributed by atoms with E-state index in [4.69, 9.17) is 9.15 Å². The van der Waals surface area contributed by atoms with E-state index in [1.165, 1.54) is 23.8 Å². The Morgan fingerprint density at radius 3 is 2.32 bits per heavy atom. The molecule has 4 aromatic rings. The number of rotatable bonds is 5. The van der Waals surface area contributed by atoms with E-state index in [1.807, 2.05) is 23.1 Å². The summed E-state index contributed by atoms with van der Waals surface area (Å²) in [5.41, 5.74) is 0.608. The number of ether oxygens (including phenoxy) is 1. The number of benzene rings is 3.